The van der Waals surface area contributed by atoms with Gasteiger partial charge < -0.3 is 9.88 Å². The third-order valence-electron chi connectivity index (χ3n) is 3.15. The van der Waals surface area contributed by atoms with Crippen molar-refractivity contribution in [1.29, 1.82) is 0 Å². The van der Waals surface area contributed by atoms with Gasteiger partial charge in [-0.2, -0.15) is 0 Å². The molecule has 0 fully saturated rings. The molecule has 0 aliphatic heterocycles. The second kappa shape index (κ2) is 5.17. The molecule has 0 spiro atoms. The summed E-state index contributed by atoms with van der Waals surface area (Å²) < 4.78 is 1.93. The van der Waals surface area contributed by atoms with E-state index >= 15 is 0 Å². The van der Waals surface area contributed by atoms with Crippen LogP contribution in [-0.4, -0.2) is 15.5 Å². The number of hydrogen-bond acceptors (Lipinski definition) is 2. The van der Waals surface area contributed by atoms with Gasteiger partial charge in [0.25, 0.3) is 0 Å². The largest absolute Gasteiger partial charge is 0.338 e. The van der Waals surface area contributed by atoms with E-state index in [0.29, 0.717) is 5.82 Å². The molecular weight excluding hydrogens is 250 g/mol. The number of carbonyl (C=O) groups excluding carboxylic acids is 1. The molecular formula is C16H15N3O. The number of anilines is 1. The lowest BCUT2D eigenvalue weighted by Gasteiger charge is -2.07. The van der Waals surface area contributed by atoms with Crippen LogP contribution in [0.4, 0.5) is 5.82 Å². The van der Waals surface area contributed by atoms with E-state index in [9.17, 15) is 4.79 Å². The van der Waals surface area contributed by atoms with Crippen LogP contribution in [0.1, 0.15) is 5.69 Å². The third kappa shape index (κ3) is 2.54. The van der Waals surface area contributed by atoms with E-state index in [0.717, 1.165) is 16.6 Å². The molecule has 0 saturated carbocycles. The molecule has 2 heterocycles. The normalized spacial score (nSPS) is 10.7. The summed E-state index contributed by atoms with van der Waals surface area (Å²) in [5.74, 6) is 0.510. The lowest BCUT2D eigenvalue weighted by molar-refractivity contribution is -0.116. The average molecular weight is 265 g/mol. The number of rotatable bonds is 3. The summed E-state index contributed by atoms with van der Waals surface area (Å²) in [6, 6.07) is 15.6. The Morgan fingerprint density at radius 1 is 1.15 bits per heavy atom. The summed E-state index contributed by atoms with van der Waals surface area (Å²) in [6.07, 6.45) is 1.92. The molecule has 0 unspecified atom stereocenters. The van der Waals surface area contributed by atoms with Gasteiger partial charge in [0.2, 0.25) is 5.91 Å². The van der Waals surface area contributed by atoms with Crippen LogP contribution in [0.15, 0.2) is 54.7 Å². The molecule has 100 valence electrons. The van der Waals surface area contributed by atoms with E-state index in [2.05, 4.69) is 10.3 Å². The minimum Gasteiger partial charge on any atom is -0.338 e. The van der Waals surface area contributed by atoms with Crippen LogP contribution in [0.3, 0.4) is 0 Å². The monoisotopic (exact) mass is 265 g/mol. The minimum atomic E-state index is -0.0792. The fourth-order valence-electron chi connectivity index (χ4n) is 2.23. The summed E-state index contributed by atoms with van der Waals surface area (Å²) in [5, 5.41) is 3.95. The molecule has 4 nitrogen and oxygen atoms in total. The zero-order valence-corrected chi connectivity index (χ0v) is 11.2. The van der Waals surface area contributed by atoms with Crippen molar-refractivity contribution < 1.29 is 4.79 Å². The Hall–Kier alpha value is -2.62. The van der Waals surface area contributed by atoms with E-state index in [4.69, 9.17) is 0 Å². The second-order valence-corrected chi connectivity index (χ2v) is 4.71. The van der Waals surface area contributed by atoms with Crippen molar-refractivity contribution in [2.24, 2.45) is 0 Å². The number of carbonyl (C=O) groups is 1. The first-order valence-electron chi connectivity index (χ1n) is 6.50. The highest BCUT2D eigenvalue weighted by Gasteiger charge is 2.06. The molecule has 0 bridgehead atoms. The summed E-state index contributed by atoms with van der Waals surface area (Å²) in [7, 11) is 0. The van der Waals surface area contributed by atoms with Gasteiger partial charge in [-0.05, 0) is 36.6 Å². The number of hydrogen-bond donors (Lipinski definition) is 1. The highest BCUT2D eigenvalue weighted by atomic mass is 16.2. The van der Waals surface area contributed by atoms with Gasteiger partial charge >= 0.3 is 0 Å². The number of nitrogens with one attached hydrogen (secondary N) is 1. The smallest absolute Gasteiger partial charge is 0.245 e. The van der Waals surface area contributed by atoms with Crippen LogP contribution >= 0.6 is 0 Å². The molecule has 0 aliphatic rings. The highest BCUT2D eigenvalue weighted by molar-refractivity contribution is 5.91. The topological polar surface area (TPSA) is 46.9 Å². The summed E-state index contributed by atoms with van der Waals surface area (Å²) in [5.41, 5.74) is 1.94. The maximum Gasteiger partial charge on any atom is 0.245 e. The number of aryl methyl sites for hydroxylation is 1. The zero-order valence-electron chi connectivity index (χ0n) is 11.2. The quantitative estimate of drug-likeness (QED) is 0.791. The van der Waals surface area contributed by atoms with Crippen molar-refractivity contribution in [1.82, 2.24) is 9.55 Å². The van der Waals surface area contributed by atoms with E-state index in [1.807, 2.05) is 60.2 Å². The predicted molar refractivity (Wildman–Crippen MR) is 79.5 cm³/mol. The number of fused-ring (bicyclic) bond motifs is 1. The highest BCUT2D eigenvalue weighted by Crippen LogP contribution is 2.15. The van der Waals surface area contributed by atoms with E-state index in [-0.39, 0.29) is 12.5 Å². The van der Waals surface area contributed by atoms with Crippen LogP contribution in [0.5, 0.6) is 0 Å². The number of para-hydroxylation sites is 1. The number of benzene rings is 1. The summed E-state index contributed by atoms with van der Waals surface area (Å²) >= 11 is 0. The molecule has 3 rings (SSSR count). The van der Waals surface area contributed by atoms with Gasteiger partial charge in [-0.15, -0.1) is 0 Å². The summed E-state index contributed by atoms with van der Waals surface area (Å²) in [6.45, 7) is 2.18. The van der Waals surface area contributed by atoms with Gasteiger partial charge in [0.1, 0.15) is 12.4 Å². The van der Waals surface area contributed by atoms with Gasteiger partial charge in [-0.1, -0.05) is 24.3 Å². The number of aromatic nitrogens is 2. The molecule has 1 amide bonds. The molecule has 1 N–H and O–H groups in total. The van der Waals surface area contributed by atoms with Crippen LogP contribution in [0.25, 0.3) is 10.9 Å². The maximum atomic E-state index is 12.1. The Balaban J connectivity index is 1.76. The minimum absolute atomic E-state index is 0.0792. The molecule has 4 heteroatoms. The molecule has 0 aliphatic carbocycles. The Morgan fingerprint density at radius 2 is 2.00 bits per heavy atom. The van der Waals surface area contributed by atoms with Crippen molar-refractivity contribution in [3.63, 3.8) is 0 Å². The van der Waals surface area contributed by atoms with Crippen molar-refractivity contribution in [3.8, 4) is 0 Å². The molecule has 1 aromatic carbocycles. The number of pyridine rings is 1. The predicted octanol–water partition coefficient (Wildman–Crippen LogP) is 2.98. The first-order valence-corrected chi connectivity index (χ1v) is 6.50. The molecule has 0 atom stereocenters. The molecule has 2 aromatic heterocycles. The maximum absolute atomic E-state index is 12.1. The first-order chi connectivity index (χ1) is 9.72. The lowest BCUT2D eigenvalue weighted by atomic mass is 10.2. The van der Waals surface area contributed by atoms with E-state index in [1.165, 1.54) is 0 Å². The molecule has 0 saturated heterocycles. The SMILES string of the molecule is Cc1cccc(NC(=O)Cn2ccc3ccccc32)n1. The van der Waals surface area contributed by atoms with Crippen LogP contribution in [0, 0.1) is 6.92 Å². The van der Waals surface area contributed by atoms with Crippen LogP contribution in [-0.2, 0) is 11.3 Å². The fourth-order valence-corrected chi connectivity index (χ4v) is 2.23. The number of amides is 1. The van der Waals surface area contributed by atoms with Crippen LogP contribution in [0.2, 0.25) is 0 Å². The van der Waals surface area contributed by atoms with Gasteiger partial charge in [-0.25, -0.2) is 4.98 Å². The second-order valence-electron chi connectivity index (χ2n) is 4.71. The summed E-state index contributed by atoms with van der Waals surface area (Å²) in [4.78, 5) is 16.3. The Bertz CT molecular complexity index is 761. The van der Waals surface area contributed by atoms with Crippen molar-refractivity contribution >= 4 is 22.6 Å². The van der Waals surface area contributed by atoms with Crippen molar-refractivity contribution in [2.45, 2.75) is 13.5 Å². The third-order valence-corrected chi connectivity index (χ3v) is 3.15. The van der Waals surface area contributed by atoms with Crippen LogP contribution < -0.4 is 5.32 Å². The Labute approximate surface area is 117 Å². The standard InChI is InChI=1S/C16H15N3O/c1-12-5-4-8-15(17-12)18-16(20)11-19-10-9-13-6-2-3-7-14(13)19/h2-10H,11H2,1H3,(H,17,18,20). The van der Waals surface area contributed by atoms with Crippen molar-refractivity contribution in [3.05, 3.63) is 60.4 Å². The molecule has 0 radical (unpaired) electrons. The van der Waals surface area contributed by atoms with E-state index < -0.39 is 0 Å². The van der Waals surface area contributed by atoms with Gasteiger partial charge in [0.05, 0.1) is 0 Å². The molecule has 3 aromatic rings. The zero-order chi connectivity index (χ0) is 13.9. The average Bonchev–Trinajstić information content (AvgIpc) is 2.82. The first kappa shape index (κ1) is 12.4. The van der Waals surface area contributed by atoms with Gasteiger partial charge in [0, 0.05) is 17.4 Å². The van der Waals surface area contributed by atoms with Crippen molar-refractivity contribution in [2.75, 3.05) is 5.32 Å². The fraction of sp³-hybridized carbons (Fsp3) is 0.125. The van der Waals surface area contributed by atoms with E-state index in [1.54, 1.807) is 6.07 Å². The Kier molecular flexibility index (Phi) is 3.21. The Morgan fingerprint density at radius 3 is 2.85 bits per heavy atom. The lowest BCUT2D eigenvalue weighted by Crippen LogP contribution is -2.18. The van der Waals surface area contributed by atoms with Gasteiger partial charge in [-0.3, -0.25) is 4.79 Å². The number of nitrogens with zero attached hydrogens (tertiary/aromatic N) is 2. The van der Waals surface area contributed by atoms with Gasteiger partial charge in [0.15, 0.2) is 0 Å². The molecule has 20 heavy (non-hydrogen) atoms.